The lowest BCUT2D eigenvalue weighted by Crippen LogP contribution is -2.53. The molecule has 3 aliphatic heterocycles. The maximum atomic E-state index is 12.3. The summed E-state index contributed by atoms with van der Waals surface area (Å²) in [4.78, 5) is 62.3. The average molecular weight is 1300 g/mol. The number of piperazine rings is 3. The molecule has 21 nitrogen and oxygen atoms in total. The highest BCUT2D eigenvalue weighted by molar-refractivity contribution is 9.10. The van der Waals surface area contributed by atoms with Crippen LogP contribution in [0.15, 0.2) is 78.1 Å². The molecule has 3 saturated heterocycles. The van der Waals surface area contributed by atoms with Crippen LogP contribution in [0, 0.1) is 22.7 Å². The fraction of sp³-hybridized carbons (Fsp3) is 0.582. The van der Waals surface area contributed by atoms with Crippen molar-refractivity contribution in [3.8, 4) is 12.1 Å². The molecule has 4 N–H and O–H groups in total. The first-order valence-electron chi connectivity index (χ1n) is 32.8. The Morgan fingerprint density at radius 1 is 0.522 bits per heavy atom. The van der Waals surface area contributed by atoms with E-state index in [2.05, 4.69) is 100 Å². The molecule has 6 aliphatic rings. The topological polar surface area (TPSA) is 242 Å². The third-order valence-electron chi connectivity index (χ3n) is 17.9. The zero-order valence-electron chi connectivity index (χ0n) is 54.3. The number of ether oxygens (including phenoxy) is 2. The standard InChI is InChI=1S/C24H32N6O2.C23H32BrN5O2.C19H24N6.CH3F/c1-24(2,3)32-23(31)30-12-10-29(11-13-30)19-7-5-18(6-8-19)28-22-20-14-17(15-25)4-9-21(20)26-16-27-22;1-23(2,3)31-22(30)29-12-10-28(11-13-29)18-7-5-17(6-8-18)27-21-19-14-16(24)4-9-20(19)25-15-26-21;20-12-14-1-6-18-17(11-14)19(23-13-22-18)24-15-2-4-16(5-3-15)25-9-7-21-8-10-25;1-2/h4,9,14,16,18-19H,5-8,10-13H2,1-3H3,(H,26,27,28);4,9,14-15,17-18H,5-8,10-13H2,1-3H3,(H,25,26,27);1,6,11,13,15-16,21H,2-5,7-10H2,(H,22,23,24);1H3/i;;;1D. The molecular formula is C67H91BrFN17O4. The van der Waals surface area contributed by atoms with Gasteiger partial charge in [-0.1, -0.05) is 15.9 Å². The van der Waals surface area contributed by atoms with Gasteiger partial charge >= 0.3 is 12.2 Å². The molecule has 6 aromatic rings. The van der Waals surface area contributed by atoms with Crippen LogP contribution in [-0.4, -0.2) is 200 Å². The van der Waals surface area contributed by atoms with E-state index in [-0.39, 0.29) is 12.2 Å². The van der Waals surface area contributed by atoms with Crippen molar-refractivity contribution in [2.24, 2.45) is 0 Å². The van der Waals surface area contributed by atoms with E-state index in [0.717, 1.165) is 190 Å². The zero-order chi connectivity index (χ0) is 64.5. The van der Waals surface area contributed by atoms with Gasteiger partial charge in [-0.05, 0) is 173 Å². The monoisotopic (exact) mass is 1300 g/mol. The molecule has 0 unspecified atom stereocenters. The van der Waals surface area contributed by atoms with Crippen molar-refractivity contribution >= 4 is 78.3 Å². The summed E-state index contributed by atoms with van der Waals surface area (Å²) in [7, 11) is -1.00. The van der Waals surface area contributed by atoms with Crippen LogP contribution in [0.25, 0.3) is 32.7 Å². The Kier molecular flexibility index (Phi) is 23.2. The van der Waals surface area contributed by atoms with E-state index in [0.29, 0.717) is 41.3 Å². The number of nitrogens with zero attached hydrogens (tertiary/aromatic N) is 13. The molecular weight excluding hydrogens is 1210 g/mol. The van der Waals surface area contributed by atoms with Crippen LogP contribution in [0.1, 0.15) is 131 Å². The van der Waals surface area contributed by atoms with Crippen LogP contribution in [0.5, 0.6) is 0 Å². The van der Waals surface area contributed by atoms with Gasteiger partial charge in [0.1, 0.15) is 47.6 Å². The molecule has 3 aliphatic carbocycles. The first-order chi connectivity index (χ1) is 43.8. The number of hydrogen-bond donors (Lipinski definition) is 4. The van der Waals surface area contributed by atoms with Crippen molar-refractivity contribution in [3.63, 3.8) is 0 Å². The van der Waals surface area contributed by atoms with Crippen molar-refractivity contribution < 1.29 is 24.8 Å². The van der Waals surface area contributed by atoms with Crippen molar-refractivity contribution in [3.05, 3.63) is 89.2 Å². The van der Waals surface area contributed by atoms with Crippen LogP contribution in [0.3, 0.4) is 0 Å². The first-order valence-corrected chi connectivity index (χ1v) is 32.9. The minimum absolute atomic E-state index is 0.191. The molecule has 12 rings (SSSR count). The van der Waals surface area contributed by atoms with Gasteiger partial charge in [0.25, 0.3) is 0 Å². The quantitative estimate of drug-likeness (QED) is 0.105. The molecule has 2 amide bonds. The highest BCUT2D eigenvalue weighted by atomic mass is 79.9. The molecule has 0 bridgehead atoms. The second-order valence-corrected chi connectivity index (χ2v) is 27.2. The molecule has 0 atom stereocenters. The molecule has 3 saturated carbocycles. The lowest BCUT2D eigenvalue weighted by Gasteiger charge is -2.42. The fourth-order valence-corrected chi connectivity index (χ4v) is 13.6. The predicted molar refractivity (Wildman–Crippen MR) is 355 cm³/mol. The summed E-state index contributed by atoms with van der Waals surface area (Å²) < 4.78 is 27.6. The number of hydrogen-bond acceptors (Lipinski definition) is 19. The van der Waals surface area contributed by atoms with Crippen LogP contribution in [0.4, 0.5) is 31.4 Å². The molecule has 6 fully saturated rings. The molecule has 90 heavy (non-hydrogen) atoms. The third kappa shape index (κ3) is 18.7. The summed E-state index contributed by atoms with van der Waals surface area (Å²) in [6, 6.07) is 24.7. The van der Waals surface area contributed by atoms with E-state index < -0.39 is 18.4 Å². The van der Waals surface area contributed by atoms with Crippen molar-refractivity contribution in [1.82, 2.24) is 59.7 Å². The van der Waals surface area contributed by atoms with Gasteiger partial charge in [0.2, 0.25) is 0 Å². The minimum Gasteiger partial charge on any atom is -0.444 e. The maximum Gasteiger partial charge on any atom is 0.410 e. The van der Waals surface area contributed by atoms with Crippen molar-refractivity contribution in [1.29, 1.82) is 10.5 Å². The van der Waals surface area contributed by atoms with Crippen LogP contribution in [-0.2, 0) is 9.47 Å². The Hall–Kier alpha value is -7.15. The number of carbonyl (C=O) groups excluding carboxylic acids is 2. The number of aromatic nitrogens is 6. The summed E-state index contributed by atoms with van der Waals surface area (Å²) in [6.45, 7) is 22.6. The van der Waals surface area contributed by atoms with Crippen LogP contribution in [0.2, 0.25) is 0 Å². The summed E-state index contributed by atoms with van der Waals surface area (Å²) in [5.74, 6) is 2.58. The molecule has 3 aromatic heterocycles. The number of alkyl halides is 1. The number of carbonyl (C=O) groups is 2. The number of nitriles is 2. The van der Waals surface area contributed by atoms with Crippen LogP contribution >= 0.6 is 15.9 Å². The normalized spacial score (nSPS) is 23.0. The molecule has 6 heterocycles. The van der Waals surface area contributed by atoms with E-state index in [1.165, 1.54) is 25.9 Å². The second-order valence-electron chi connectivity index (χ2n) is 26.3. The lowest BCUT2D eigenvalue weighted by atomic mass is 9.89. The van der Waals surface area contributed by atoms with E-state index in [4.69, 9.17) is 16.1 Å². The highest BCUT2D eigenvalue weighted by Gasteiger charge is 2.34. The number of benzene rings is 3. The minimum atomic E-state index is -1.00. The Balaban J connectivity index is 0.000000159. The molecule has 0 spiro atoms. The first kappa shape index (κ1) is 65.8. The number of rotatable bonds is 9. The smallest absolute Gasteiger partial charge is 0.410 e. The Morgan fingerprint density at radius 3 is 1.18 bits per heavy atom. The number of nitrogens with one attached hydrogen (secondary N) is 4. The van der Waals surface area contributed by atoms with Gasteiger partial charge in [-0.25, -0.2) is 39.5 Å². The fourth-order valence-electron chi connectivity index (χ4n) is 13.2. The van der Waals surface area contributed by atoms with E-state index >= 15 is 0 Å². The van der Waals surface area contributed by atoms with Gasteiger partial charge in [-0.3, -0.25) is 19.1 Å². The average Bonchev–Trinajstić information content (AvgIpc) is 3.67. The number of anilines is 3. The van der Waals surface area contributed by atoms with Crippen molar-refractivity contribution in [2.75, 3.05) is 102 Å². The summed E-state index contributed by atoms with van der Waals surface area (Å²) in [6.07, 6.45) is 18.2. The summed E-state index contributed by atoms with van der Waals surface area (Å²) >= 11 is 3.55. The number of amides is 2. The number of fused-ring (bicyclic) bond motifs is 3. The third-order valence-corrected chi connectivity index (χ3v) is 18.4. The van der Waals surface area contributed by atoms with Gasteiger partial charge in [-0.15, -0.1) is 0 Å². The van der Waals surface area contributed by atoms with Crippen molar-refractivity contribution in [2.45, 2.75) is 166 Å². The molecule has 482 valence electrons. The highest BCUT2D eigenvalue weighted by Crippen LogP contribution is 2.33. The number of halogens is 2. The Labute approximate surface area is 539 Å². The Morgan fingerprint density at radius 2 is 0.844 bits per heavy atom. The van der Waals surface area contributed by atoms with E-state index in [1.54, 1.807) is 31.1 Å². The van der Waals surface area contributed by atoms with E-state index in [1.807, 2.05) is 87.7 Å². The van der Waals surface area contributed by atoms with Gasteiger partial charge in [0.05, 0.1) is 48.3 Å². The largest absolute Gasteiger partial charge is 0.444 e. The summed E-state index contributed by atoms with van der Waals surface area (Å²) in [5, 5.41) is 35.5. The Bertz CT molecular complexity index is 3430. The molecule has 23 heteroatoms. The molecule has 3 aromatic carbocycles. The zero-order valence-corrected chi connectivity index (χ0v) is 54.9. The molecule has 0 radical (unpaired) electrons. The SMILES string of the molecule is CC(C)(C)OC(=O)N1CCN(C2CCC(Nc3ncnc4ccc(Br)cc34)CC2)CC1.CC(C)(C)OC(=O)N1CCN(C2CCC(Nc3ncnc4ccc(C#N)cc34)CC2)CC1.N#Cc1ccc2ncnc(NC3CCC(N4CCNCC4)CC3)c2c1.[2H]CF. The van der Waals surface area contributed by atoms with Gasteiger partial charge in [-0.2, -0.15) is 10.5 Å². The van der Waals surface area contributed by atoms with Gasteiger partial charge < -0.3 is 40.5 Å². The van der Waals surface area contributed by atoms with E-state index in [9.17, 15) is 19.2 Å². The van der Waals surface area contributed by atoms with Crippen LogP contribution < -0.4 is 21.3 Å². The van der Waals surface area contributed by atoms with Gasteiger partial charge in [0.15, 0.2) is 0 Å². The second kappa shape index (κ2) is 31.7. The predicted octanol–water partition coefficient (Wildman–Crippen LogP) is 11.2. The lowest BCUT2D eigenvalue weighted by molar-refractivity contribution is 0.00726. The maximum absolute atomic E-state index is 12.3. The van der Waals surface area contributed by atoms with Gasteiger partial charge in [0, 0.05) is 135 Å². The summed E-state index contributed by atoms with van der Waals surface area (Å²) in [5.41, 5.74) is 3.05.